The summed E-state index contributed by atoms with van der Waals surface area (Å²) < 4.78 is 6.76. The second-order valence-electron chi connectivity index (χ2n) is 14.4. The predicted molar refractivity (Wildman–Crippen MR) is 186 cm³/mol. The number of fused-ring (bicyclic) bond motifs is 4. The van der Waals surface area contributed by atoms with Crippen molar-refractivity contribution >= 4 is 16.8 Å². The summed E-state index contributed by atoms with van der Waals surface area (Å²) in [6, 6.07) is 17.2. The number of amides is 1. The van der Waals surface area contributed by atoms with Crippen molar-refractivity contribution in [2.24, 2.45) is 5.92 Å². The Balaban J connectivity index is 1.29. The highest BCUT2D eigenvalue weighted by atomic mass is 16.5. The maximum absolute atomic E-state index is 14.1. The van der Waals surface area contributed by atoms with Gasteiger partial charge < -0.3 is 19.9 Å². The maximum atomic E-state index is 14.1. The highest BCUT2D eigenvalue weighted by Crippen LogP contribution is 2.41. The van der Waals surface area contributed by atoms with Gasteiger partial charge in [0.1, 0.15) is 6.73 Å². The molecule has 2 aromatic heterocycles. The zero-order chi connectivity index (χ0) is 32.6. The minimum Gasteiger partial charge on any atom is -0.364 e. The van der Waals surface area contributed by atoms with Crippen LogP contribution in [-0.4, -0.2) is 53.1 Å². The van der Waals surface area contributed by atoms with E-state index in [1.807, 2.05) is 12.3 Å². The van der Waals surface area contributed by atoms with Crippen LogP contribution in [-0.2, 0) is 28.1 Å². The highest BCUT2D eigenvalue weighted by Gasteiger charge is 2.42. The van der Waals surface area contributed by atoms with Crippen LogP contribution in [0.3, 0.4) is 0 Å². The molecule has 7 rings (SSSR count). The van der Waals surface area contributed by atoms with Crippen LogP contribution in [0.4, 0.5) is 0 Å². The molecule has 2 aromatic carbocycles. The fourth-order valence-electron chi connectivity index (χ4n) is 7.88. The molecule has 3 aliphatic rings. The third-order valence-corrected chi connectivity index (χ3v) is 10.4. The molecular weight excluding hydrogens is 572 g/mol. The lowest BCUT2D eigenvalue weighted by molar-refractivity contribution is -0.144. The maximum Gasteiger partial charge on any atom is 0.252 e. The number of aryl methyl sites for hydroxylation is 2. The summed E-state index contributed by atoms with van der Waals surface area (Å²) in [7, 11) is 1.60. The topological polar surface area (TPSA) is 79.4 Å². The molecular formula is C39H50N4O3. The number of nitrogens with zero attached hydrogens (tertiary/aromatic N) is 2. The lowest BCUT2D eigenvalue weighted by atomic mass is 9.76. The van der Waals surface area contributed by atoms with Crippen LogP contribution in [0.5, 0.6) is 0 Å². The number of H-pyrrole nitrogens is 1. The first-order valence-corrected chi connectivity index (χ1v) is 17.0. The number of hydrogen-bond acceptors (Lipinski definition) is 4. The van der Waals surface area contributed by atoms with Gasteiger partial charge in [0.15, 0.2) is 0 Å². The standard InChI is InChI=1S/C39H50N4O3/c1-25-17-26(2)19-30(18-25)37-36(27(3)21-40-16-15-29-9-14-35(44)42(22-29)24-46-6)33-20-31(10-13-34(33)41-37)39(4,5)38(45)43-23-28-7-11-32(43)12-8-28/h9-10,13-14,17-20,22,27-28,32,40-41H,7-8,11-12,15-16,21,23-24H2,1-6H3/t27-,28?,32?/m1/s1. The van der Waals surface area contributed by atoms with E-state index in [9.17, 15) is 9.59 Å². The van der Waals surface area contributed by atoms with Gasteiger partial charge in [-0.3, -0.25) is 14.2 Å². The van der Waals surface area contributed by atoms with Gasteiger partial charge in [-0.05, 0) is 125 Å². The van der Waals surface area contributed by atoms with Crippen molar-refractivity contribution in [2.45, 2.75) is 90.8 Å². The van der Waals surface area contributed by atoms with E-state index < -0.39 is 5.41 Å². The van der Waals surface area contributed by atoms with Crippen molar-refractivity contribution < 1.29 is 9.53 Å². The zero-order valence-electron chi connectivity index (χ0n) is 28.4. The van der Waals surface area contributed by atoms with Crippen molar-refractivity contribution in [1.82, 2.24) is 19.8 Å². The Hall–Kier alpha value is -3.68. The van der Waals surface area contributed by atoms with Crippen molar-refractivity contribution in [3.8, 4) is 11.3 Å². The first kappa shape index (κ1) is 32.3. The third-order valence-electron chi connectivity index (χ3n) is 10.4. The lowest BCUT2D eigenvalue weighted by Gasteiger charge is -2.47. The van der Waals surface area contributed by atoms with Crippen LogP contribution >= 0.6 is 0 Å². The summed E-state index contributed by atoms with van der Waals surface area (Å²) in [5, 5.41) is 4.87. The number of aromatic amines is 1. The number of carbonyl (C=O) groups excluding carboxylic acids is 1. The molecule has 2 N–H and O–H groups in total. The second-order valence-corrected chi connectivity index (χ2v) is 14.4. The second kappa shape index (κ2) is 13.2. The Morgan fingerprint density at radius 1 is 1.04 bits per heavy atom. The van der Waals surface area contributed by atoms with E-state index in [0.717, 1.165) is 61.2 Å². The Kier molecular flexibility index (Phi) is 9.26. The number of methoxy groups -OCH3 is 1. The van der Waals surface area contributed by atoms with Gasteiger partial charge in [0, 0.05) is 49.4 Å². The summed E-state index contributed by atoms with van der Waals surface area (Å²) in [5.74, 6) is 1.13. The van der Waals surface area contributed by atoms with Crippen molar-refractivity contribution in [3.63, 3.8) is 0 Å². The minimum atomic E-state index is -0.610. The molecule has 7 heteroatoms. The molecule has 1 amide bonds. The van der Waals surface area contributed by atoms with E-state index in [-0.39, 0.29) is 24.1 Å². The fourth-order valence-corrected chi connectivity index (χ4v) is 7.88. The van der Waals surface area contributed by atoms with E-state index in [0.29, 0.717) is 12.0 Å². The molecule has 7 nitrogen and oxygen atoms in total. The van der Waals surface area contributed by atoms with Gasteiger partial charge in [-0.15, -0.1) is 0 Å². The number of pyridine rings is 1. The Morgan fingerprint density at radius 3 is 2.46 bits per heavy atom. The number of rotatable bonds is 11. The monoisotopic (exact) mass is 622 g/mol. The fraction of sp³-hybridized carbons (Fsp3) is 0.487. The average Bonchev–Trinajstić information content (AvgIpc) is 3.43. The van der Waals surface area contributed by atoms with Crippen LogP contribution < -0.4 is 10.9 Å². The molecule has 1 aliphatic carbocycles. The number of nitrogens with one attached hydrogen (secondary N) is 2. The van der Waals surface area contributed by atoms with Gasteiger partial charge in [0.25, 0.3) is 5.56 Å². The van der Waals surface area contributed by atoms with Gasteiger partial charge >= 0.3 is 0 Å². The SMILES string of the molecule is COCn1cc(CCNC[C@@H](C)c2c(-c3cc(C)cc(C)c3)[nH]c3ccc(C(C)(C)C(=O)N4CC5CCC4CC5)cc23)ccc1=O. The zero-order valence-corrected chi connectivity index (χ0v) is 28.4. The number of aromatic nitrogens is 2. The van der Waals surface area contributed by atoms with E-state index in [4.69, 9.17) is 4.74 Å². The summed E-state index contributed by atoms with van der Waals surface area (Å²) in [5.41, 5.74) is 8.70. The van der Waals surface area contributed by atoms with E-state index in [1.54, 1.807) is 17.7 Å². The molecule has 3 fully saturated rings. The molecule has 46 heavy (non-hydrogen) atoms. The Bertz CT molecular complexity index is 1760. The average molecular weight is 623 g/mol. The Labute approximate surface area is 273 Å². The van der Waals surface area contributed by atoms with Crippen LogP contribution in [0.2, 0.25) is 0 Å². The molecule has 244 valence electrons. The number of hydrogen-bond donors (Lipinski definition) is 2. The van der Waals surface area contributed by atoms with E-state index in [1.165, 1.54) is 40.5 Å². The smallest absolute Gasteiger partial charge is 0.252 e. The molecule has 1 saturated carbocycles. The van der Waals surface area contributed by atoms with Crippen LogP contribution in [0, 0.1) is 19.8 Å². The molecule has 4 heterocycles. The normalized spacial score (nSPS) is 18.8. The van der Waals surface area contributed by atoms with E-state index in [2.05, 4.69) is 86.2 Å². The molecule has 2 saturated heterocycles. The molecule has 4 aromatic rings. The largest absolute Gasteiger partial charge is 0.364 e. The summed E-state index contributed by atoms with van der Waals surface area (Å²) in [4.78, 5) is 32.2. The molecule has 0 unspecified atom stereocenters. The molecule has 0 radical (unpaired) electrons. The lowest BCUT2D eigenvalue weighted by Crippen LogP contribution is -2.55. The van der Waals surface area contributed by atoms with Gasteiger partial charge in [0.2, 0.25) is 5.91 Å². The predicted octanol–water partition coefficient (Wildman–Crippen LogP) is 6.83. The molecule has 2 aliphatic heterocycles. The number of piperidine rings is 2. The van der Waals surface area contributed by atoms with Crippen molar-refractivity contribution in [3.05, 3.63) is 92.9 Å². The van der Waals surface area contributed by atoms with Crippen LogP contribution in [0.25, 0.3) is 22.2 Å². The van der Waals surface area contributed by atoms with Gasteiger partial charge in [-0.25, -0.2) is 0 Å². The van der Waals surface area contributed by atoms with Crippen LogP contribution in [0.15, 0.2) is 59.5 Å². The van der Waals surface area contributed by atoms with Gasteiger partial charge in [-0.2, -0.15) is 0 Å². The van der Waals surface area contributed by atoms with Gasteiger partial charge in [0.05, 0.1) is 11.1 Å². The summed E-state index contributed by atoms with van der Waals surface area (Å²) in [6.45, 7) is 13.6. The highest BCUT2D eigenvalue weighted by molar-refractivity contribution is 5.94. The van der Waals surface area contributed by atoms with E-state index >= 15 is 0 Å². The summed E-state index contributed by atoms with van der Waals surface area (Å²) in [6.07, 6.45) is 7.52. The number of benzene rings is 2. The number of ether oxygens (including phenoxy) is 1. The molecule has 1 atom stereocenters. The number of carbonyl (C=O) groups is 1. The minimum absolute atomic E-state index is 0.0576. The summed E-state index contributed by atoms with van der Waals surface area (Å²) >= 11 is 0. The van der Waals surface area contributed by atoms with Gasteiger partial charge in [-0.1, -0.05) is 36.2 Å². The molecule has 0 spiro atoms. The molecule has 2 bridgehead atoms. The first-order chi connectivity index (χ1) is 22.0. The quantitative estimate of drug-likeness (QED) is 0.180. The van der Waals surface area contributed by atoms with Crippen molar-refractivity contribution in [2.75, 3.05) is 26.7 Å². The first-order valence-electron chi connectivity index (χ1n) is 17.0. The van der Waals surface area contributed by atoms with Crippen molar-refractivity contribution in [1.29, 1.82) is 0 Å². The Morgan fingerprint density at radius 2 is 1.78 bits per heavy atom. The third kappa shape index (κ3) is 6.45. The van der Waals surface area contributed by atoms with Crippen LogP contribution in [0.1, 0.15) is 80.2 Å².